The van der Waals surface area contributed by atoms with E-state index in [0.29, 0.717) is 11.3 Å². The van der Waals surface area contributed by atoms with E-state index < -0.39 is 29.2 Å². The Bertz CT molecular complexity index is 1500. The van der Waals surface area contributed by atoms with Crippen LogP contribution in [0, 0.1) is 0 Å². The number of hydrogen-bond acceptors (Lipinski definition) is 11. The number of aromatic hydroxyl groups is 1. The number of nitrogens with zero attached hydrogens (tertiary/aromatic N) is 4. The lowest BCUT2D eigenvalue weighted by Crippen LogP contribution is -2.71. The number of hydrogen-bond donors (Lipinski definition) is 3. The number of β-lactam (4-membered cyclic amide) rings is 1. The summed E-state index contributed by atoms with van der Waals surface area (Å²) in [5.41, 5.74) is 6.75. The fourth-order valence-electron chi connectivity index (χ4n) is 4.31. The van der Waals surface area contributed by atoms with Gasteiger partial charge < -0.3 is 30.9 Å². The van der Waals surface area contributed by atoms with Crippen molar-refractivity contribution in [1.82, 2.24) is 15.2 Å². The molecule has 0 radical (unpaired) electrons. The average molecular weight is 541 g/mol. The summed E-state index contributed by atoms with van der Waals surface area (Å²) in [4.78, 5) is 48.0. The SMILES string of the molecule is CO/N=C(\C(=O)N[C@@H]1C(=O)N2C(C(=O)[O-])=C(C[n+]3cccc4cc(O)ccc43)CS[C@H]12)c1csc(N)n1. The number of aliphatic carboxylic acids is 1. The summed E-state index contributed by atoms with van der Waals surface area (Å²) >= 11 is 2.45. The summed E-state index contributed by atoms with van der Waals surface area (Å²) in [6.45, 7) is 0.196. The molecule has 5 rings (SSSR count). The maximum atomic E-state index is 13.0. The summed E-state index contributed by atoms with van der Waals surface area (Å²) in [6.07, 6.45) is 1.79. The Morgan fingerprint density at radius 2 is 2.22 bits per heavy atom. The minimum absolute atomic E-state index is 0.118. The summed E-state index contributed by atoms with van der Waals surface area (Å²) in [5, 5.41) is 30.2. The van der Waals surface area contributed by atoms with Crippen molar-refractivity contribution in [2.45, 2.75) is 18.0 Å². The van der Waals surface area contributed by atoms with Crippen LogP contribution >= 0.6 is 23.1 Å². The number of anilines is 1. The molecule has 3 aromatic rings. The van der Waals surface area contributed by atoms with E-state index in [1.165, 1.54) is 24.3 Å². The van der Waals surface area contributed by atoms with Gasteiger partial charge in [-0.2, -0.15) is 4.57 Å². The van der Waals surface area contributed by atoms with Gasteiger partial charge in [0.25, 0.3) is 11.8 Å². The fourth-order valence-corrected chi connectivity index (χ4v) is 6.19. The zero-order valence-electron chi connectivity index (χ0n) is 19.3. The predicted octanol–water partition coefficient (Wildman–Crippen LogP) is -0.674. The molecule has 1 fully saturated rings. The van der Waals surface area contributed by atoms with Crippen LogP contribution < -0.4 is 20.7 Å². The number of thiazole rings is 1. The lowest BCUT2D eigenvalue weighted by Gasteiger charge is -2.50. The monoisotopic (exact) mass is 540 g/mol. The second-order valence-corrected chi connectivity index (χ2v) is 10.2. The first-order valence-electron chi connectivity index (χ1n) is 10.9. The predicted molar refractivity (Wildman–Crippen MR) is 133 cm³/mol. The molecule has 0 unspecified atom stereocenters. The largest absolute Gasteiger partial charge is 0.543 e. The molecule has 0 aliphatic carbocycles. The molecule has 37 heavy (non-hydrogen) atoms. The summed E-state index contributed by atoms with van der Waals surface area (Å²) in [7, 11) is 1.27. The zero-order chi connectivity index (χ0) is 26.3. The van der Waals surface area contributed by atoms with Gasteiger partial charge in [0, 0.05) is 28.8 Å². The Labute approximate surface area is 218 Å². The van der Waals surface area contributed by atoms with Crippen LogP contribution in [0.15, 0.2) is 58.3 Å². The highest BCUT2D eigenvalue weighted by Gasteiger charge is 2.53. The van der Waals surface area contributed by atoms with Crippen LogP contribution in [0.4, 0.5) is 5.13 Å². The molecule has 2 aromatic heterocycles. The number of thioether (sulfide) groups is 1. The van der Waals surface area contributed by atoms with E-state index in [9.17, 15) is 24.6 Å². The number of carboxylic acids is 1. The minimum Gasteiger partial charge on any atom is -0.543 e. The first-order valence-corrected chi connectivity index (χ1v) is 12.8. The molecule has 1 aromatic carbocycles. The molecule has 2 aliphatic heterocycles. The van der Waals surface area contributed by atoms with Crippen LogP contribution in [0.25, 0.3) is 10.9 Å². The number of phenols is 1. The molecule has 0 spiro atoms. The molecule has 4 N–H and O–H groups in total. The van der Waals surface area contributed by atoms with Gasteiger partial charge in [-0.1, -0.05) is 5.16 Å². The highest BCUT2D eigenvalue weighted by molar-refractivity contribution is 8.00. The van der Waals surface area contributed by atoms with E-state index >= 15 is 0 Å². The van der Waals surface area contributed by atoms with Crippen molar-refractivity contribution in [1.29, 1.82) is 0 Å². The Hall–Kier alpha value is -4.17. The third kappa shape index (κ3) is 4.44. The number of nitrogen functional groups attached to an aromatic ring is 1. The smallest absolute Gasteiger partial charge is 0.276 e. The van der Waals surface area contributed by atoms with Crippen LogP contribution in [0.2, 0.25) is 0 Å². The third-order valence-corrected chi connectivity index (χ3v) is 7.93. The van der Waals surface area contributed by atoms with Gasteiger partial charge in [-0.25, -0.2) is 4.98 Å². The molecular weight excluding hydrogens is 520 g/mol. The number of nitrogens with two attached hydrogens (primary N) is 1. The Kier molecular flexibility index (Phi) is 6.43. The number of aromatic nitrogens is 2. The molecule has 2 atom stereocenters. The fraction of sp³-hybridized carbons (Fsp3) is 0.217. The molecule has 0 saturated carbocycles. The van der Waals surface area contributed by atoms with Gasteiger partial charge in [0.05, 0.1) is 17.1 Å². The number of amides is 2. The van der Waals surface area contributed by atoms with Crippen LogP contribution in [0.3, 0.4) is 0 Å². The van der Waals surface area contributed by atoms with Crippen molar-refractivity contribution in [2.75, 3.05) is 18.6 Å². The number of carbonyl (C=O) groups is 3. The summed E-state index contributed by atoms with van der Waals surface area (Å²) in [5.74, 6) is -2.34. The Morgan fingerprint density at radius 1 is 1.41 bits per heavy atom. The molecule has 12 nitrogen and oxygen atoms in total. The number of carboxylic acid groups (broad SMARTS) is 1. The quantitative estimate of drug-likeness (QED) is 0.152. The average Bonchev–Trinajstić information content (AvgIpc) is 3.30. The number of carbonyl (C=O) groups excluding carboxylic acids is 3. The second kappa shape index (κ2) is 9.71. The molecule has 0 bridgehead atoms. The van der Waals surface area contributed by atoms with E-state index in [-0.39, 0.29) is 34.5 Å². The highest BCUT2D eigenvalue weighted by Crippen LogP contribution is 2.40. The van der Waals surface area contributed by atoms with Gasteiger partial charge in [0.1, 0.15) is 30.0 Å². The molecular formula is C23H20N6O6S2. The third-order valence-electron chi connectivity index (χ3n) is 5.91. The maximum absolute atomic E-state index is 13.0. The molecule has 2 aliphatic rings. The van der Waals surface area contributed by atoms with Gasteiger partial charge in [-0.15, -0.1) is 23.1 Å². The van der Waals surface area contributed by atoms with E-state index in [0.717, 1.165) is 27.1 Å². The standard InChI is InChI=1S/C23H20N6O6S2/c1-35-27-16(14-10-37-23(24)25-14)19(31)26-17-20(32)29-18(22(33)34)12(9-36-21(17)29)8-28-6-2-3-11-7-13(30)4-5-15(11)28/h2-7,10,17,21H,8-9H2,1H3,(H4-,24,25,26,30,31,33,34)/b27-16-/t17-,21-/m1/s1. The number of oxime groups is 1. The van der Waals surface area contributed by atoms with Gasteiger partial charge in [-0.05, 0) is 18.2 Å². The number of rotatable bonds is 7. The first kappa shape index (κ1) is 24.5. The number of phenolic OH excluding ortho intramolecular Hbond substituents is 1. The van der Waals surface area contributed by atoms with Crippen LogP contribution in [-0.2, 0) is 25.8 Å². The molecule has 190 valence electrons. The highest BCUT2D eigenvalue weighted by atomic mass is 32.2. The minimum atomic E-state index is -1.48. The van der Waals surface area contributed by atoms with E-state index in [1.807, 2.05) is 10.6 Å². The van der Waals surface area contributed by atoms with E-state index in [2.05, 4.69) is 15.5 Å². The molecule has 14 heteroatoms. The van der Waals surface area contributed by atoms with Gasteiger partial charge in [0.2, 0.25) is 5.52 Å². The number of pyridine rings is 1. The maximum Gasteiger partial charge on any atom is 0.276 e. The van der Waals surface area contributed by atoms with E-state index in [4.69, 9.17) is 10.6 Å². The summed E-state index contributed by atoms with van der Waals surface area (Å²) in [6, 6.07) is 7.54. The van der Waals surface area contributed by atoms with Gasteiger partial charge >= 0.3 is 0 Å². The second-order valence-electron chi connectivity index (χ2n) is 8.17. The normalized spacial score (nSPS) is 19.4. The van der Waals surface area contributed by atoms with Gasteiger partial charge in [0.15, 0.2) is 23.6 Å². The number of benzene rings is 1. The van der Waals surface area contributed by atoms with Gasteiger partial charge in [-0.3, -0.25) is 14.5 Å². The van der Waals surface area contributed by atoms with Crippen LogP contribution in [0.5, 0.6) is 5.75 Å². The van der Waals surface area contributed by atoms with Crippen LogP contribution in [0.1, 0.15) is 5.69 Å². The van der Waals surface area contributed by atoms with Crippen molar-refractivity contribution in [2.24, 2.45) is 5.16 Å². The van der Waals surface area contributed by atoms with Crippen molar-refractivity contribution in [3.05, 3.63) is 58.9 Å². The molecule has 1 saturated heterocycles. The number of fused-ring (bicyclic) bond motifs is 2. The lowest BCUT2D eigenvalue weighted by atomic mass is 10.0. The molecule has 2 amide bonds. The Morgan fingerprint density at radius 3 is 2.92 bits per heavy atom. The Balaban J connectivity index is 1.39. The van der Waals surface area contributed by atoms with Crippen molar-refractivity contribution < 1.29 is 34.0 Å². The lowest BCUT2D eigenvalue weighted by molar-refractivity contribution is -0.663. The topological polar surface area (TPSA) is 174 Å². The van der Waals surface area contributed by atoms with Crippen molar-refractivity contribution in [3.63, 3.8) is 0 Å². The zero-order valence-corrected chi connectivity index (χ0v) is 20.9. The number of nitrogens with one attached hydrogen (secondary N) is 1. The summed E-state index contributed by atoms with van der Waals surface area (Å²) < 4.78 is 1.84. The van der Waals surface area contributed by atoms with Crippen LogP contribution in [-0.4, -0.2) is 62.8 Å². The van der Waals surface area contributed by atoms with E-state index in [1.54, 1.807) is 30.5 Å². The van der Waals surface area contributed by atoms with Crippen molar-refractivity contribution in [3.8, 4) is 5.75 Å². The molecule has 4 heterocycles. The first-order chi connectivity index (χ1) is 17.8. The van der Waals surface area contributed by atoms with Crippen molar-refractivity contribution >= 4 is 62.6 Å².